The molecule has 0 aliphatic carbocycles. The summed E-state index contributed by atoms with van der Waals surface area (Å²) in [6.45, 7) is 5.63. The molecule has 3 aromatic rings. The molecular weight excluding hydrogens is 536 g/mol. The fourth-order valence-corrected chi connectivity index (χ4v) is 5.32. The van der Waals surface area contributed by atoms with Crippen molar-refractivity contribution >= 4 is 28.5 Å². The van der Waals surface area contributed by atoms with Crippen LogP contribution in [0.1, 0.15) is 19.3 Å². The summed E-state index contributed by atoms with van der Waals surface area (Å²) in [6.07, 6.45) is 4.84. The van der Waals surface area contributed by atoms with E-state index in [1.807, 2.05) is 4.90 Å². The van der Waals surface area contributed by atoms with E-state index >= 15 is 8.78 Å². The molecule has 2 fully saturated rings. The van der Waals surface area contributed by atoms with E-state index in [2.05, 4.69) is 16.9 Å². The van der Waals surface area contributed by atoms with E-state index in [0.29, 0.717) is 55.4 Å². The van der Waals surface area contributed by atoms with Crippen molar-refractivity contribution in [2.45, 2.75) is 31.4 Å². The smallest absolute Gasteiger partial charge is 0.223 e. The molecule has 4 heterocycles. The minimum atomic E-state index is -0.887. The Hall–Kier alpha value is -3.90. The summed E-state index contributed by atoms with van der Waals surface area (Å²) < 4.78 is 52.4. The van der Waals surface area contributed by atoms with E-state index in [-0.39, 0.29) is 46.6 Å². The number of rotatable bonds is 10. The van der Waals surface area contributed by atoms with Crippen molar-refractivity contribution in [1.29, 1.82) is 0 Å². The third kappa shape index (κ3) is 5.80. The van der Waals surface area contributed by atoms with Crippen molar-refractivity contribution in [3.63, 3.8) is 0 Å². The van der Waals surface area contributed by atoms with Crippen molar-refractivity contribution in [3.8, 4) is 22.8 Å². The van der Waals surface area contributed by atoms with Crippen LogP contribution >= 0.6 is 0 Å². The first kappa shape index (κ1) is 28.6. The topological polar surface area (TPSA) is 108 Å². The normalized spacial score (nSPS) is 19.4. The molecule has 0 bridgehead atoms. The Labute approximate surface area is 236 Å². The predicted octanol–water partition coefficient (Wildman–Crippen LogP) is 4.17. The van der Waals surface area contributed by atoms with Crippen LogP contribution in [-0.4, -0.2) is 80.5 Å². The number of halogens is 2. The van der Waals surface area contributed by atoms with Gasteiger partial charge >= 0.3 is 0 Å². The highest BCUT2D eigenvalue weighted by atomic mass is 19.1. The number of carbonyl (C=O) groups excluding carboxylic acids is 1. The van der Waals surface area contributed by atoms with Crippen molar-refractivity contribution < 1.29 is 32.5 Å². The molecule has 0 amide bonds. The minimum absolute atomic E-state index is 0.0539. The van der Waals surface area contributed by atoms with Gasteiger partial charge in [0.25, 0.3) is 0 Å². The number of benzene rings is 1. The zero-order valence-electron chi connectivity index (χ0n) is 23.3. The minimum Gasteiger partial charge on any atom is -0.494 e. The zero-order chi connectivity index (χ0) is 29.1. The number of fused-ring (bicyclic) bond motifs is 1. The summed E-state index contributed by atoms with van der Waals surface area (Å²) in [6, 6.07) is 2.54. The maximum Gasteiger partial charge on any atom is 0.223 e. The average Bonchev–Trinajstić information content (AvgIpc) is 3.43. The Kier molecular flexibility index (Phi) is 8.60. The van der Waals surface area contributed by atoms with Crippen molar-refractivity contribution in [1.82, 2.24) is 15.0 Å². The van der Waals surface area contributed by atoms with Gasteiger partial charge in [0.15, 0.2) is 34.7 Å². The fourth-order valence-electron chi connectivity index (χ4n) is 5.32. The maximum absolute atomic E-state index is 15.5. The number of methoxy groups -OCH3 is 3. The number of hydrogen-bond acceptors (Lipinski definition) is 10. The van der Waals surface area contributed by atoms with Crippen LogP contribution < -0.4 is 19.7 Å². The number of ether oxygens (including phenoxy) is 4. The molecule has 41 heavy (non-hydrogen) atoms. The molecule has 0 saturated carbocycles. The number of carbonyl (C=O) groups is 1. The molecule has 10 nitrogen and oxygen atoms in total. The van der Waals surface area contributed by atoms with Crippen LogP contribution in [0.4, 0.5) is 20.5 Å². The van der Waals surface area contributed by atoms with Crippen LogP contribution in [0.5, 0.6) is 11.5 Å². The Morgan fingerprint density at radius 3 is 2.46 bits per heavy atom. The molecule has 1 aromatic carbocycles. The zero-order valence-corrected chi connectivity index (χ0v) is 23.3. The van der Waals surface area contributed by atoms with Gasteiger partial charge in [-0.2, -0.15) is 0 Å². The Morgan fingerprint density at radius 2 is 1.83 bits per heavy atom. The highest BCUT2D eigenvalue weighted by Crippen LogP contribution is 2.39. The van der Waals surface area contributed by atoms with Gasteiger partial charge in [-0.15, -0.1) is 0 Å². The highest BCUT2D eigenvalue weighted by Gasteiger charge is 2.31. The summed E-state index contributed by atoms with van der Waals surface area (Å²) in [4.78, 5) is 28.0. The van der Waals surface area contributed by atoms with Gasteiger partial charge in [-0.1, -0.05) is 6.58 Å². The number of hydrogen-bond donors (Lipinski definition) is 1. The van der Waals surface area contributed by atoms with E-state index in [1.165, 1.54) is 20.3 Å². The average molecular weight is 570 g/mol. The highest BCUT2D eigenvalue weighted by molar-refractivity contribution is 5.92. The molecule has 218 valence electrons. The number of piperidine rings is 1. The van der Waals surface area contributed by atoms with Crippen LogP contribution in [0.25, 0.3) is 22.2 Å². The van der Waals surface area contributed by atoms with Crippen LogP contribution in [0, 0.1) is 17.6 Å². The molecule has 0 unspecified atom stereocenters. The maximum atomic E-state index is 15.5. The van der Waals surface area contributed by atoms with Crippen LogP contribution in [0.3, 0.4) is 0 Å². The lowest BCUT2D eigenvalue weighted by Crippen LogP contribution is -2.37. The number of nitrogens with one attached hydrogen (secondary N) is 1. The van der Waals surface area contributed by atoms with E-state index in [0.717, 1.165) is 18.9 Å². The first-order valence-electron chi connectivity index (χ1n) is 13.4. The lowest BCUT2D eigenvalue weighted by molar-refractivity contribution is -0.115. The van der Waals surface area contributed by atoms with Gasteiger partial charge in [0, 0.05) is 50.2 Å². The van der Waals surface area contributed by atoms with Crippen LogP contribution in [0.15, 0.2) is 31.0 Å². The molecule has 1 N–H and O–H groups in total. The Morgan fingerprint density at radius 1 is 1.12 bits per heavy atom. The first-order chi connectivity index (χ1) is 19.9. The second-order valence-corrected chi connectivity index (χ2v) is 10.1. The summed E-state index contributed by atoms with van der Waals surface area (Å²) >= 11 is 0. The molecule has 2 aromatic heterocycles. The molecular formula is C29H33F2N5O5. The van der Waals surface area contributed by atoms with Gasteiger partial charge in [-0.05, 0) is 25.0 Å². The number of pyridine rings is 1. The van der Waals surface area contributed by atoms with E-state index in [9.17, 15) is 4.79 Å². The molecule has 2 aliphatic heterocycles. The number of ketones is 1. The van der Waals surface area contributed by atoms with E-state index in [4.69, 9.17) is 28.9 Å². The quantitative estimate of drug-likeness (QED) is 0.358. The van der Waals surface area contributed by atoms with Crippen molar-refractivity contribution in [2.24, 2.45) is 5.92 Å². The van der Waals surface area contributed by atoms with Gasteiger partial charge in [-0.3, -0.25) is 4.79 Å². The van der Waals surface area contributed by atoms with Gasteiger partial charge < -0.3 is 29.2 Å². The molecule has 2 atom stereocenters. The summed E-state index contributed by atoms with van der Waals surface area (Å²) in [5.41, 5.74) is 0.219. The second kappa shape index (κ2) is 12.3. The summed E-state index contributed by atoms with van der Waals surface area (Å²) in [7, 11) is 4.28. The molecule has 2 aliphatic rings. The van der Waals surface area contributed by atoms with E-state index in [1.54, 1.807) is 19.4 Å². The standard InChI is InChI=1S/C29H33F2N5O5/c1-5-18(37)10-17-14-41-15-21(17)34-29-32-13-16-11-20(24-25(30)22(39-3)12-23(40-4)26(24)31)33-28(27(16)35-29)36-8-6-19(38-2)7-9-36/h5,11-13,17,19,21H,1,6-10,14-15H2,2-4H3,(H,32,34,35)/t17-,21+/m0/s1. The number of allylic oxidation sites excluding steroid dienone is 1. The third-order valence-corrected chi connectivity index (χ3v) is 7.66. The van der Waals surface area contributed by atoms with E-state index < -0.39 is 11.6 Å². The number of nitrogens with zero attached hydrogens (tertiary/aromatic N) is 4. The summed E-state index contributed by atoms with van der Waals surface area (Å²) in [5, 5.41) is 3.85. The number of aromatic nitrogens is 3. The molecule has 0 radical (unpaired) electrons. The lowest BCUT2D eigenvalue weighted by atomic mass is 9.97. The SMILES string of the molecule is C=CC(=O)C[C@H]1COC[C@H]1Nc1ncc2cc(-c3c(F)c(OC)cc(OC)c3F)nc(N3CCC(OC)CC3)c2n1. The summed E-state index contributed by atoms with van der Waals surface area (Å²) in [5.74, 6) is -1.40. The van der Waals surface area contributed by atoms with Crippen molar-refractivity contribution in [2.75, 3.05) is 57.8 Å². The Bertz CT molecular complexity index is 1420. The monoisotopic (exact) mass is 569 g/mol. The molecule has 12 heteroatoms. The largest absolute Gasteiger partial charge is 0.494 e. The van der Waals surface area contributed by atoms with Crippen molar-refractivity contribution in [3.05, 3.63) is 42.6 Å². The predicted molar refractivity (Wildman–Crippen MR) is 150 cm³/mol. The molecule has 2 saturated heterocycles. The molecule has 0 spiro atoms. The second-order valence-electron chi connectivity index (χ2n) is 10.1. The fraction of sp³-hybridized carbons (Fsp3) is 0.448. The van der Waals surface area contributed by atoms with Gasteiger partial charge in [0.1, 0.15) is 5.52 Å². The molecule has 5 rings (SSSR count). The van der Waals surface area contributed by atoms with Crippen LogP contribution in [-0.2, 0) is 14.3 Å². The van der Waals surface area contributed by atoms with Gasteiger partial charge in [0.2, 0.25) is 5.95 Å². The van der Waals surface area contributed by atoms with Gasteiger partial charge in [-0.25, -0.2) is 23.7 Å². The third-order valence-electron chi connectivity index (χ3n) is 7.66. The lowest BCUT2D eigenvalue weighted by Gasteiger charge is -2.32. The van der Waals surface area contributed by atoms with Crippen LogP contribution in [0.2, 0.25) is 0 Å². The van der Waals surface area contributed by atoms with Gasteiger partial charge in [0.05, 0.1) is 50.8 Å². The first-order valence-corrected chi connectivity index (χ1v) is 13.4. The number of anilines is 2. The Balaban J connectivity index is 1.58.